The lowest BCUT2D eigenvalue weighted by Gasteiger charge is -2.16. The molecule has 2 nitrogen and oxygen atoms in total. The van der Waals surface area contributed by atoms with E-state index in [2.05, 4.69) is 39.0 Å². The van der Waals surface area contributed by atoms with Gasteiger partial charge in [0.25, 0.3) is 0 Å². The smallest absolute Gasteiger partial charge is 0.125 e. The Hall–Kier alpha value is -1.96. The number of nitrogens with two attached hydrogens (primary N) is 1. The van der Waals surface area contributed by atoms with E-state index in [1.165, 1.54) is 27.8 Å². The van der Waals surface area contributed by atoms with E-state index in [0.717, 1.165) is 17.9 Å². The average molecular weight is 255 g/mol. The Morgan fingerprint density at radius 1 is 1.00 bits per heavy atom. The molecule has 2 rings (SSSR count). The first-order valence-corrected chi connectivity index (χ1v) is 6.51. The van der Waals surface area contributed by atoms with E-state index in [-0.39, 0.29) is 0 Å². The van der Waals surface area contributed by atoms with Crippen LogP contribution in [0.4, 0.5) is 5.69 Å². The van der Waals surface area contributed by atoms with Gasteiger partial charge in [-0.15, -0.1) is 0 Å². The van der Waals surface area contributed by atoms with Crippen LogP contribution in [0, 0.1) is 20.8 Å². The summed E-state index contributed by atoms with van der Waals surface area (Å²) < 4.78 is 5.61. The fourth-order valence-electron chi connectivity index (χ4n) is 2.44. The van der Waals surface area contributed by atoms with Crippen LogP contribution in [0.25, 0.3) is 0 Å². The van der Waals surface area contributed by atoms with E-state index in [0.29, 0.717) is 0 Å². The third-order valence-electron chi connectivity index (χ3n) is 3.68. The van der Waals surface area contributed by atoms with Crippen LogP contribution in [0.1, 0.15) is 27.8 Å². The van der Waals surface area contributed by atoms with Crippen LogP contribution in [0.3, 0.4) is 0 Å². The van der Waals surface area contributed by atoms with Gasteiger partial charge in [-0.3, -0.25) is 0 Å². The molecule has 2 aromatic rings. The molecule has 0 aliphatic carbocycles. The standard InChI is InChI=1S/C17H21NO/c1-11-9-12(2)16(17(19-4)13(11)3)10-14-5-7-15(18)8-6-14/h5-9H,10,18H2,1-4H3. The minimum absolute atomic E-state index is 0.799. The molecule has 2 N–H and O–H groups in total. The Morgan fingerprint density at radius 3 is 2.21 bits per heavy atom. The van der Waals surface area contributed by atoms with Gasteiger partial charge in [0.15, 0.2) is 0 Å². The highest BCUT2D eigenvalue weighted by Crippen LogP contribution is 2.31. The lowest BCUT2D eigenvalue weighted by atomic mass is 9.94. The number of hydrogen-bond acceptors (Lipinski definition) is 2. The minimum atomic E-state index is 0.799. The Balaban J connectivity index is 2.44. The number of ether oxygens (including phenoxy) is 1. The molecule has 0 saturated heterocycles. The van der Waals surface area contributed by atoms with Gasteiger partial charge >= 0.3 is 0 Å². The van der Waals surface area contributed by atoms with Crippen molar-refractivity contribution in [3.8, 4) is 5.75 Å². The zero-order chi connectivity index (χ0) is 14.0. The maximum atomic E-state index is 5.73. The lowest BCUT2D eigenvalue weighted by molar-refractivity contribution is 0.406. The molecule has 0 amide bonds. The summed E-state index contributed by atoms with van der Waals surface area (Å²) in [6.07, 6.45) is 0.871. The van der Waals surface area contributed by atoms with Crippen LogP contribution in [0.5, 0.6) is 5.75 Å². The van der Waals surface area contributed by atoms with Crippen LogP contribution in [-0.2, 0) is 6.42 Å². The molecule has 0 bridgehead atoms. The summed E-state index contributed by atoms with van der Waals surface area (Å²) in [5.74, 6) is 1.01. The normalized spacial score (nSPS) is 10.5. The van der Waals surface area contributed by atoms with Crippen molar-refractivity contribution in [2.45, 2.75) is 27.2 Å². The van der Waals surface area contributed by atoms with Crippen molar-refractivity contribution in [2.24, 2.45) is 0 Å². The zero-order valence-electron chi connectivity index (χ0n) is 12.1. The first-order chi connectivity index (χ1) is 9.02. The van der Waals surface area contributed by atoms with Crippen molar-refractivity contribution in [2.75, 3.05) is 12.8 Å². The van der Waals surface area contributed by atoms with Crippen LogP contribution in [0.15, 0.2) is 30.3 Å². The van der Waals surface area contributed by atoms with Crippen LogP contribution in [0.2, 0.25) is 0 Å². The van der Waals surface area contributed by atoms with Crippen molar-refractivity contribution in [1.82, 2.24) is 0 Å². The van der Waals surface area contributed by atoms with E-state index in [1.54, 1.807) is 7.11 Å². The maximum absolute atomic E-state index is 5.73. The van der Waals surface area contributed by atoms with Gasteiger partial charge in [-0.2, -0.15) is 0 Å². The molecule has 0 unspecified atom stereocenters. The zero-order valence-corrected chi connectivity index (χ0v) is 12.1. The molecule has 0 heterocycles. The lowest BCUT2D eigenvalue weighted by Crippen LogP contribution is -2.01. The van der Waals surface area contributed by atoms with Crippen LogP contribution >= 0.6 is 0 Å². The van der Waals surface area contributed by atoms with Crippen molar-refractivity contribution in [3.05, 3.63) is 58.1 Å². The van der Waals surface area contributed by atoms with Crippen molar-refractivity contribution >= 4 is 5.69 Å². The molecule has 0 spiro atoms. The number of hydrogen-bond donors (Lipinski definition) is 1. The molecular weight excluding hydrogens is 234 g/mol. The van der Waals surface area contributed by atoms with Gasteiger partial charge in [-0.1, -0.05) is 18.2 Å². The fourth-order valence-corrected chi connectivity index (χ4v) is 2.44. The van der Waals surface area contributed by atoms with Gasteiger partial charge in [0.05, 0.1) is 7.11 Å². The predicted octanol–water partition coefficient (Wildman–Crippen LogP) is 3.79. The molecule has 100 valence electrons. The maximum Gasteiger partial charge on any atom is 0.125 e. The summed E-state index contributed by atoms with van der Waals surface area (Å²) in [4.78, 5) is 0. The van der Waals surface area contributed by atoms with Gasteiger partial charge in [0, 0.05) is 17.7 Å². The molecule has 0 aromatic heterocycles. The summed E-state index contributed by atoms with van der Waals surface area (Å²) >= 11 is 0. The predicted molar refractivity (Wildman–Crippen MR) is 80.9 cm³/mol. The molecule has 2 aromatic carbocycles. The molecule has 0 radical (unpaired) electrons. The Morgan fingerprint density at radius 2 is 1.63 bits per heavy atom. The fraction of sp³-hybridized carbons (Fsp3) is 0.294. The third-order valence-corrected chi connectivity index (χ3v) is 3.68. The Labute approximate surface area is 115 Å². The van der Waals surface area contributed by atoms with Crippen molar-refractivity contribution in [1.29, 1.82) is 0 Å². The number of rotatable bonds is 3. The van der Waals surface area contributed by atoms with E-state index in [4.69, 9.17) is 10.5 Å². The molecule has 0 aliphatic rings. The summed E-state index contributed by atoms with van der Waals surface area (Å²) in [5, 5.41) is 0. The molecule has 0 saturated carbocycles. The van der Waals surface area contributed by atoms with Crippen molar-refractivity contribution < 1.29 is 4.74 Å². The monoisotopic (exact) mass is 255 g/mol. The van der Waals surface area contributed by atoms with Gasteiger partial charge in [0.2, 0.25) is 0 Å². The van der Waals surface area contributed by atoms with Crippen LogP contribution < -0.4 is 10.5 Å². The Kier molecular flexibility index (Phi) is 3.79. The third kappa shape index (κ3) is 2.73. The molecule has 2 heteroatoms. The Bertz CT molecular complexity index is 585. The molecule has 0 atom stereocenters. The number of nitrogen functional groups attached to an aromatic ring is 1. The molecule has 0 fully saturated rings. The number of methoxy groups -OCH3 is 1. The van der Waals surface area contributed by atoms with Gasteiger partial charge in [-0.25, -0.2) is 0 Å². The minimum Gasteiger partial charge on any atom is -0.496 e. The van der Waals surface area contributed by atoms with Crippen LogP contribution in [-0.4, -0.2) is 7.11 Å². The first-order valence-electron chi connectivity index (χ1n) is 6.51. The summed E-state index contributed by atoms with van der Waals surface area (Å²) in [6.45, 7) is 6.37. The number of anilines is 1. The van der Waals surface area contributed by atoms with Crippen molar-refractivity contribution in [3.63, 3.8) is 0 Å². The molecule has 0 aliphatic heterocycles. The highest BCUT2D eigenvalue weighted by molar-refractivity contribution is 5.52. The second-order valence-electron chi connectivity index (χ2n) is 5.07. The highest BCUT2D eigenvalue weighted by atomic mass is 16.5. The van der Waals surface area contributed by atoms with Gasteiger partial charge in [0.1, 0.15) is 5.75 Å². The largest absolute Gasteiger partial charge is 0.496 e. The number of aryl methyl sites for hydroxylation is 2. The highest BCUT2D eigenvalue weighted by Gasteiger charge is 2.12. The van der Waals surface area contributed by atoms with E-state index in [1.807, 2.05) is 12.1 Å². The van der Waals surface area contributed by atoms with Gasteiger partial charge < -0.3 is 10.5 Å². The SMILES string of the molecule is COc1c(C)c(C)cc(C)c1Cc1ccc(N)cc1. The quantitative estimate of drug-likeness (QED) is 0.847. The topological polar surface area (TPSA) is 35.2 Å². The number of benzene rings is 2. The van der Waals surface area contributed by atoms with E-state index < -0.39 is 0 Å². The van der Waals surface area contributed by atoms with E-state index in [9.17, 15) is 0 Å². The van der Waals surface area contributed by atoms with Gasteiger partial charge in [-0.05, 0) is 55.2 Å². The summed E-state index contributed by atoms with van der Waals surface area (Å²) in [7, 11) is 1.74. The second-order valence-corrected chi connectivity index (χ2v) is 5.07. The summed E-state index contributed by atoms with van der Waals surface area (Å²) in [6, 6.07) is 10.3. The second kappa shape index (κ2) is 5.35. The first kappa shape index (κ1) is 13.5. The summed E-state index contributed by atoms with van der Waals surface area (Å²) in [5.41, 5.74) is 12.8. The molecular formula is C17H21NO. The molecule has 19 heavy (non-hydrogen) atoms. The van der Waals surface area contributed by atoms with E-state index >= 15 is 0 Å². The average Bonchev–Trinajstić information content (AvgIpc) is 2.39.